The summed E-state index contributed by atoms with van der Waals surface area (Å²) in [6, 6.07) is 24.1. The number of rotatable bonds is 7. The molecule has 6 heteroatoms. The van der Waals surface area contributed by atoms with Gasteiger partial charge in [0.2, 0.25) is 0 Å². The van der Waals surface area contributed by atoms with Gasteiger partial charge in [-0.3, -0.25) is 9.59 Å². The van der Waals surface area contributed by atoms with E-state index in [0.717, 1.165) is 18.2 Å². The highest BCUT2D eigenvalue weighted by molar-refractivity contribution is 6.10. The van der Waals surface area contributed by atoms with Gasteiger partial charge in [-0.25, -0.2) is 0 Å². The van der Waals surface area contributed by atoms with Crippen LogP contribution in [0.5, 0.6) is 5.75 Å². The highest BCUT2D eigenvalue weighted by Crippen LogP contribution is 2.29. The molecular weight excluding hydrogens is 404 g/mol. The molecule has 0 bridgehead atoms. The summed E-state index contributed by atoms with van der Waals surface area (Å²) in [6.07, 6.45) is 1.98. The van der Waals surface area contributed by atoms with Crippen molar-refractivity contribution in [3.63, 3.8) is 0 Å². The molecule has 1 saturated carbocycles. The lowest BCUT2D eigenvalue weighted by molar-refractivity contribution is 0.0952. The Labute approximate surface area is 185 Å². The van der Waals surface area contributed by atoms with Crippen molar-refractivity contribution in [1.29, 1.82) is 0 Å². The Hall–Kier alpha value is -4.06. The molecule has 160 valence electrons. The zero-order valence-corrected chi connectivity index (χ0v) is 17.3. The summed E-state index contributed by atoms with van der Waals surface area (Å²) in [6.45, 7) is 0.174. The third-order valence-electron chi connectivity index (χ3n) is 5.36. The van der Waals surface area contributed by atoms with E-state index in [1.54, 1.807) is 24.3 Å². The van der Waals surface area contributed by atoms with Crippen LogP contribution >= 0.6 is 0 Å². The first kappa shape index (κ1) is 19.9. The molecule has 3 aromatic carbocycles. The second-order valence-electron chi connectivity index (χ2n) is 7.76. The van der Waals surface area contributed by atoms with Crippen molar-refractivity contribution in [3.05, 3.63) is 95.7 Å². The van der Waals surface area contributed by atoms with Crippen LogP contribution < -0.4 is 15.4 Å². The molecule has 6 nitrogen and oxygen atoms in total. The number of carbonyl (C=O) groups is 2. The van der Waals surface area contributed by atoms with Crippen LogP contribution in [0.4, 0.5) is 5.69 Å². The number of fused-ring (bicyclic) bond motifs is 1. The summed E-state index contributed by atoms with van der Waals surface area (Å²) in [5, 5.41) is 6.63. The fraction of sp³-hybridized carbons (Fsp3) is 0.154. The number of furan rings is 1. The van der Waals surface area contributed by atoms with Gasteiger partial charge in [-0.05, 0) is 43.2 Å². The predicted molar refractivity (Wildman–Crippen MR) is 122 cm³/mol. The lowest BCUT2D eigenvalue weighted by Crippen LogP contribution is -2.27. The fourth-order valence-corrected chi connectivity index (χ4v) is 3.56. The van der Waals surface area contributed by atoms with Gasteiger partial charge in [0.25, 0.3) is 11.8 Å². The average Bonchev–Trinajstić information content (AvgIpc) is 3.56. The molecule has 1 aromatic heterocycles. The van der Waals surface area contributed by atoms with Crippen LogP contribution in [0.2, 0.25) is 0 Å². The summed E-state index contributed by atoms with van der Waals surface area (Å²) < 4.78 is 11.8. The maximum atomic E-state index is 13.2. The highest BCUT2D eigenvalue weighted by atomic mass is 16.5. The highest BCUT2D eigenvalue weighted by Gasteiger charge is 2.26. The molecule has 0 spiro atoms. The lowest BCUT2D eigenvalue weighted by Gasteiger charge is -2.11. The zero-order chi connectivity index (χ0) is 21.9. The molecule has 5 rings (SSSR count). The van der Waals surface area contributed by atoms with E-state index in [4.69, 9.17) is 9.15 Å². The van der Waals surface area contributed by atoms with Gasteiger partial charge in [-0.1, -0.05) is 48.5 Å². The normalized spacial score (nSPS) is 13.0. The van der Waals surface area contributed by atoms with Crippen molar-refractivity contribution in [1.82, 2.24) is 5.32 Å². The first-order valence-electron chi connectivity index (χ1n) is 10.6. The van der Waals surface area contributed by atoms with Crippen molar-refractivity contribution in [2.24, 2.45) is 0 Å². The van der Waals surface area contributed by atoms with Crippen LogP contribution in [0.15, 0.2) is 83.3 Å². The molecule has 1 aliphatic rings. The fourth-order valence-electron chi connectivity index (χ4n) is 3.56. The third-order valence-corrected chi connectivity index (χ3v) is 5.36. The van der Waals surface area contributed by atoms with Gasteiger partial charge in [0.1, 0.15) is 17.9 Å². The van der Waals surface area contributed by atoms with Gasteiger partial charge in [-0.15, -0.1) is 0 Å². The topological polar surface area (TPSA) is 80.6 Å². The van der Waals surface area contributed by atoms with E-state index >= 15 is 0 Å². The number of hydrogen-bond acceptors (Lipinski definition) is 4. The van der Waals surface area contributed by atoms with Crippen LogP contribution in [-0.2, 0) is 6.61 Å². The van der Waals surface area contributed by atoms with Gasteiger partial charge >= 0.3 is 0 Å². The van der Waals surface area contributed by atoms with Gasteiger partial charge in [0.05, 0.1) is 11.3 Å². The van der Waals surface area contributed by atoms with Crippen molar-refractivity contribution in [2.45, 2.75) is 25.5 Å². The van der Waals surface area contributed by atoms with Gasteiger partial charge in [0.15, 0.2) is 5.76 Å². The smallest absolute Gasteiger partial charge is 0.291 e. The third kappa shape index (κ3) is 4.21. The van der Waals surface area contributed by atoms with Crippen LogP contribution in [0, 0.1) is 0 Å². The van der Waals surface area contributed by atoms with E-state index in [1.165, 1.54) is 0 Å². The number of nitrogens with one attached hydrogen (secondary N) is 2. The minimum atomic E-state index is -0.431. The van der Waals surface area contributed by atoms with Gasteiger partial charge in [-0.2, -0.15) is 0 Å². The number of benzene rings is 3. The summed E-state index contributed by atoms with van der Waals surface area (Å²) in [5.41, 5.74) is 2.11. The first-order chi connectivity index (χ1) is 15.7. The molecule has 1 fully saturated rings. The Balaban J connectivity index is 1.43. The number of hydrogen-bond donors (Lipinski definition) is 2. The number of carbonyl (C=O) groups excluding carboxylic acids is 2. The van der Waals surface area contributed by atoms with Gasteiger partial charge in [0, 0.05) is 17.0 Å². The number of amides is 2. The lowest BCUT2D eigenvalue weighted by atomic mass is 10.1. The van der Waals surface area contributed by atoms with Crippen molar-refractivity contribution >= 4 is 28.5 Å². The Morgan fingerprint density at radius 1 is 0.875 bits per heavy atom. The summed E-state index contributed by atoms with van der Waals surface area (Å²) in [7, 11) is 0. The monoisotopic (exact) mass is 426 g/mol. The molecule has 32 heavy (non-hydrogen) atoms. The minimum absolute atomic E-state index is 0.166. The maximum absolute atomic E-state index is 13.2. The minimum Gasteiger partial charge on any atom is -0.489 e. The van der Waals surface area contributed by atoms with Crippen LogP contribution in [0.1, 0.15) is 39.3 Å². The molecule has 0 atom stereocenters. The van der Waals surface area contributed by atoms with E-state index in [2.05, 4.69) is 10.6 Å². The summed E-state index contributed by atoms with van der Waals surface area (Å²) >= 11 is 0. The Bertz CT molecular complexity index is 1280. The van der Waals surface area contributed by atoms with E-state index < -0.39 is 5.91 Å². The first-order valence-corrected chi connectivity index (χ1v) is 10.6. The standard InChI is InChI=1S/C26H22N2O4/c29-25(27-17-14-15-17)20-11-4-6-12-22(20)28-26(30)24-21(16-31-18-8-2-1-3-9-18)19-10-5-7-13-23(19)32-24/h1-13,17H,14-16H2,(H,27,29)(H,28,30). The number of para-hydroxylation sites is 3. The maximum Gasteiger partial charge on any atom is 0.291 e. The van der Waals surface area contributed by atoms with Crippen molar-refractivity contribution in [2.75, 3.05) is 5.32 Å². The van der Waals surface area contributed by atoms with Crippen LogP contribution in [0.3, 0.4) is 0 Å². The Morgan fingerprint density at radius 2 is 1.59 bits per heavy atom. The van der Waals surface area contributed by atoms with Crippen molar-refractivity contribution in [3.8, 4) is 5.75 Å². The molecule has 0 aliphatic heterocycles. The van der Waals surface area contributed by atoms with E-state index in [0.29, 0.717) is 28.1 Å². The second-order valence-corrected chi connectivity index (χ2v) is 7.76. The summed E-state index contributed by atoms with van der Waals surface area (Å²) in [4.78, 5) is 25.8. The van der Waals surface area contributed by atoms with E-state index in [9.17, 15) is 9.59 Å². The number of ether oxygens (including phenoxy) is 1. The van der Waals surface area contributed by atoms with E-state index in [-0.39, 0.29) is 24.3 Å². The molecular formula is C26H22N2O4. The molecule has 1 aliphatic carbocycles. The van der Waals surface area contributed by atoms with Crippen LogP contribution in [0.25, 0.3) is 11.0 Å². The predicted octanol–water partition coefficient (Wildman–Crippen LogP) is 5.16. The number of anilines is 1. The molecule has 0 unspecified atom stereocenters. The molecule has 2 N–H and O–H groups in total. The molecule has 4 aromatic rings. The molecule has 2 amide bonds. The van der Waals surface area contributed by atoms with Gasteiger partial charge < -0.3 is 19.8 Å². The molecule has 1 heterocycles. The largest absolute Gasteiger partial charge is 0.489 e. The Morgan fingerprint density at radius 3 is 2.41 bits per heavy atom. The van der Waals surface area contributed by atoms with E-state index in [1.807, 2.05) is 54.6 Å². The quantitative estimate of drug-likeness (QED) is 0.428. The second kappa shape index (κ2) is 8.59. The van der Waals surface area contributed by atoms with Crippen LogP contribution in [-0.4, -0.2) is 17.9 Å². The molecule has 0 radical (unpaired) electrons. The zero-order valence-electron chi connectivity index (χ0n) is 17.3. The molecule has 0 saturated heterocycles. The van der Waals surface area contributed by atoms with Crippen molar-refractivity contribution < 1.29 is 18.7 Å². The Kier molecular flexibility index (Phi) is 5.34. The average molecular weight is 426 g/mol. The SMILES string of the molecule is O=C(NC1CC1)c1ccccc1NC(=O)c1oc2ccccc2c1COc1ccccc1. The summed E-state index contributed by atoms with van der Waals surface area (Å²) in [5.74, 6) is 0.242.